The topological polar surface area (TPSA) is 66.4 Å². The zero-order valence-electron chi connectivity index (χ0n) is 10.2. The minimum absolute atomic E-state index is 0.0479. The van der Waals surface area contributed by atoms with Gasteiger partial charge < -0.3 is 10.4 Å². The van der Waals surface area contributed by atoms with E-state index in [1.807, 2.05) is 0 Å². The minimum Gasteiger partial charge on any atom is -0.478 e. The Labute approximate surface area is 124 Å². The van der Waals surface area contributed by atoms with E-state index in [9.17, 15) is 9.59 Å². The number of halogens is 1. The number of rotatable bonds is 6. The Hall–Kier alpha value is -1.01. The van der Waals surface area contributed by atoms with Gasteiger partial charge in [0.25, 0.3) is 0 Å². The zero-order valence-corrected chi connectivity index (χ0v) is 12.6. The van der Waals surface area contributed by atoms with Crippen molar-refractivity contribution in [3.63, 3.8) is 0 Å². The van der Waals surface area contributed by atoms with Crippen LogP contribution in [0.2, 0.25) is 0 Å². The summed E-state index contributed by atoms with van der Waals surface area (Å²) in [4.78, 5) is 23.3. The highest BCUT2D eigenvalue weighted by Crippen LogP contribution is 2.28. The maximum atomic E-state index is 11.6. The van der Waals surface area contributed by atoms with Crippen LogP contribution in [0.5, 0.6) is 0 Å². The smallest absolute Gasteiger partial charge is 0.336 e. The number of hydrogen-bond donors (Lipinski definition) is 2. The van der Waals surface area contributed by atoms with E-state index in [0.717, 1.165) is 11.0 Å². The molecule has 1 amide bonds. The molecule has 0 bridgehead atoms. The van der Waals surface area contributed by atoms with Crippen LogP contribution in [0, 0.1) is 5.92 Å². The molecule has 1 aliphatic carbocycles. The van der Waals surface area contributed by atoms with Crippen molar-refractivity contribution < 1.29 is 14.7 Å². The van der Waals surface area contributed by atoms with E-state index >= 15 is 0 Å². The fraction of sp³-hybridized carbons (Fsp3) is 0.385. The Morgan fingerprint density at radius 3 is 2.79 bits per heavy atom. The maximum Gasteiger partial charge on any atom is 0.336 e. The SMILES string of the molecule is O=C(CSc1cc(Br)ccc1C(=O)O)NCC1CC1. The van der Waals surface area contributed by atoms with E-state index in [1.165, 1.54) is 30.7 Å². The first kappa shape index (κ1) is 14.4. The normalized spacial score (nSPS) is 14.2. The fourth-order valence-electron chi connectivity index (χ4n) is 1.57. The number of benzene rings is 1. The second-order valence-corrected chi connectivity index (χ2v) is 6.41. The first-order valence-electron chi connectivity index (χ1n) is 5.98. The van der Waals surface area contributed by atoms with Crippen LogP contribution in [0.1, 0.15) is 23.2 Å². The standard InChI is InChI=1S/C13H14BrNO3S/c14-9-3-4-10(13(17)18)11(5-9)19-7-12(16)15-6-8-1-2-8/h3-5,8H,1-2,6-7H2,(H,15,16)(H,17,18). The van der Waals surface area contributed by atoms with Crippen LogP contribution in [0.4, 0.5) is 0 Å². The molecule has 0 spiro atoms. The van der Waals surface area contributed by atoms with Crippen molar-refractivity contribution in [2.75, 3.05) is 12.3 Å². The number of carbonyl (C=O) groups excluding carboxylic acids is 1. The van der Waals surface area contributed by atoms with Gasteiger partial charge in [-0.25, -0.2) is 4.79 Å². The third-order valence-electron chi connectivity index (χ3n) is 2.82. The van der Waals surface area contributed by atoms with Crippen molar-refractivity contribution in [2.24, 2.45) is 5.92 Å². The van der Waals surface area contributed by atoms with Gasteiger partial charge >= 0.3 is 5.97 Å². The monoisotopic (exact) mass is 343 g/mol. The minimum atomic E-state index is -0.978. The number of carboxylic acids is 1. The van der Waals surface area contributed by atoms with Gasteiger partial charge in [0.05, 0.1) is 11.3 Å². The van der Waals surface area contributed by atoms with Gasteiger partial charge in [0.1, 0.15) is 0 Å². The number of amides is 1. The van der Waals surface area contributed by atoms with Crippen LogP contribution < -0.4 is 5.32 Å². The quantitative estimate of drug-likeness (QED) is 0.779. The molecule has 0 aromatic heterocycles. The number of carbonyl (C=O) groups is 2. The summed E-state index contributed by atoms with van der Waals surface area (Å²) in [6.45, 7) is 0.740. The second kappa shape index (κ2) is 6.43. The zero-order chi connectivity index (χ0) is 13.8. The molecule has 2 rings (SSSR count). The maximum absolute atomic E-state index is 11.6. The van der Waals surface area contributed by atoms with Crippen LogP contribution in [0.25, 0.3) is 0 Å². The van der Waals surface area contributed by atoms with Crippen molar-refractivity contribution in [3.8, 4) is 0 Å². The molecule has 102 valence electrons. The lowest BCUT2D eigenvalue weighted by atomic mass is 10.2. The summed E-state index contributed by atoms with van der Waals surface area (Å²) in [5.74, 6) is -0.139. The Morgan fingerprint density at radius 1 is 1.42 bits per heavy atom. The van der Waals surface area contributed by atoms with Gasteiger partial charge in [-0.3, -0.25) is 4.79 Å². The predicted octanol–water partition coefficient (Wildman–Crippen LogP) is 2.77. The van der Waals surface area contributed by atoms with Crippen LogP contribution in [-0.2, 0) is 4.79 Å². The summed E-state index contributed by atoms with van der Waals surface area (Å²) in [6, 6.07) is 4.94. The van der Waals surface area contributed by atoms with Gasteiger partial charge in [-0.1, -0.05) is 15.9 Å². The molecule has 1 saturated carbocycles. The molecule has 0 saturated heterocycles. The highest BCUT2D eigenvalue weighted by atomic mass is 79.9. The number of carboxylic acid groups (broad SMARTS) is 1. The predicted molar refractivity (Wildman–Crippen MR) is 77.6 cm³/mol. The lowest BCUT2D eigenvalue weighted by molar-refractivity contribution is -0.118. The molecule has 4 nitrogen and oxygen atoms in total. The number of hydrogen-bond acceptors (Lipinski definition) is 3. The van der Waals surface area contributed by atoms with E-state index < -0.39 is 5.97 Å². The molecule has 1 aromatic carbocycles. The van der Waals surface area contributed by atoms with Crippen LogP contribution in [0.15, 0.2) is 27.6 Å². The molecule has 1 aliphatic rings. The molecule has 0 aliphatic heterocycles. The van der Waals surface area contributed by atoms with Crippen molar-refractivity contribution in [2.45, 2.75) is 17.7 Å². The summed E-state index contributed by atoms with van der Waals surface area (Å²) in [6.07, 6.45) is 2.39. The Balaban J connectivity index is 1.91. The van der Waals surface area contributed by atoms with Gasteiger partial charge in [0.15, 0.2) is 0 Å². The first-order chi connectivity index (χ1) is 9.06. The van der Waals surface area contributed by atoms with Crippen molar-refractivity contribution in [1.82, 2.24) is 5.32 Å². The average molecular weight is 344 g/mol. The lowest BCUT2D eigenvalue weighted by Gasteiger charge is -2.07. The third-order valence-corrected chi connectivity index (χ3v) is 4.37. The van der Waals surface area contributed by atoms with E-state index in [2.05, 4.69) is 21.2 Å². The van der Waals surface area contributed by atoms with Crippen LogP contribution in [-0.4, -0.2) is 29.3 Å². The molecule has 2 N–H and O–H groups in total. The number of thioether (sulfide) groups is 1. The Morgan fingerprint density at radius 2 is 2.16 bits per heavy atom. The van der Waals surface area contributed by atoms with E-state index in [0.29, 0.717) is 10.8 Å². The van der Waals surface area contributed by atoms with Crippen molar-refractivity contribution in [1.29, 1.82) is 0 Å². The summed E-state index contributed by atoms with van der Waals surface area (Å²) in [7, 11) is 0. The molecule has 1 fully saturated rings. The van der Waals surface area contributed by atoms with Crippen LogP contribution in [0.3, 0.4) is 0 Å². The Kier molecular flexibility index (Phi) is 4.87. The van der Waals surface area contributed by atoms with Gasteiger partial charge in [-0.2, -0.15) is 0 Å². The average Bonchev–Trinajstić information content (AvgIpc) is 3.17. The van der Waals surface area contributed by atoms with Crippen LogP contribution >= 0.6 is 27.7 Å². The van der Waals surface area contributed by atoms with Gasteiger partial charge in [0.2, 0.25) is 5.91 Å². The van der Waals surface area contributed by atoms with Gasteiger partial charge in [-0.05, 0) is 37.0 Å². The molecule has 0 atom stereocenters. The molecular weight excluding hydrogens is 330 g/mol. The molecular formula is C13H14BrNO3S. The molecule has 6 heteroatoms. The summed E-state index contributed by atoms with van der Waals surface area (Å²) < 4.78 is 0.804. The summed E-state index contributed by atoms with van der Waals surface area (Å²) in [5.41, 5.74) is 0.225. The highest BCUT2D eigenvalue weighted by Gasteiger charge is 2.21. The summed E-state index contributed by atoms with van der Waals surface area (Å²) in [5, 5.41) is 11.9. The number of aromatic carboxylic acids is 1. The second-order valence-electron chi connectivity index (χ2n) is 4.48. The first-order valence-corrected chi connectivity index (χ1v) is 7.76. The molecule has 0 heterocycles. The number of nitrogens with one attached hydrogen (secondary N) is 1. The van der Waals surface area contributed by atoms with Crippen molar-refractivity contribution in [3.05, 3.63) is 28.2 Å². The summed E-state index contributed by atoms with van der Waals surface area (Å²) >= 11 is 4.55. The third kappa shape index (κ3) is 4.54. The van der Waals surface area contributed by atoms with E-state index in [1.54, 1.807) is 12.1 Å². The molecule has 1 aromatic rings. The molecule has 19 heavy (non-hydrogen) atoms. The highest BCUT2D eigenvalue weighted by molar-refractivity contribution is 9.10. The van der Waals surface area contributed by atoms with Gasteiger partial charge in [-0.15, -0.1) is 11.8 Å². The van der Waals surface area contributed by atoms with Gasteiger partial charge in [0, 0.05) is 15.9 Å². The molecule has 0 radical (unpaired) electrons. The fourth-order valence-corrected chi connectivity index (χ4v) is 2.99. The largest absolute Gasteiger partial charge is 0.478 e. The molecule has 0 unspecified atom stereocenters. The van der Waals surface area contributed by atoms with Crippen molar-refractivity contribution >= 4 is 39.6 Å². The van der Waals surface area contributed by atoms with E-state index in [-0.39, 0.29) is 17.2 Å². The van der Waals surface area contributed by atoms with E-state index in [4.69, 9.17) is 5.11 Å². The lowest BCUT2D eigenvalue weighted by Crippen LogP contribution is -2.27. The Bertz CT molecular complexity index is 503.